The molecule has 0 aromatic carbocycles. The van der Waals surface area contributed by atoms with Gasteiger partial charge in [0, 0.05) is 6.20 Å². The predicted molar refractivity (Wildman–Crippen MR) is 42.8 cm³/mol. The summed E-state index contributed by atoms with van der Waals surface area (Å²) in [5.41, 5.74) is -0.328. The Morgan fingerprint density at radius 2 is 2.38 bits per heavy atom. The van der Waals surface area contributed by atoms with Gasteiger partial charge in [-0.1, -0.05) is 0 Å². The van der Waals surface area contributed by atoms with Crippen LogP contribution in [0.15, 0.2) is 23.3 Å². The number of rotatable bonds is 1. The maximum absolute atomic E-state index is 11.2. The van der Waals surface area contributed by atoms with Gasteiger partial charge in [0.15, 0.2) is 5.69 Å². The SMILES string of the molecule is O=C(O)c1cnc2cc[nH]c(=O)n12. The van der Waals surface area contributed by atoms with E-state index < -0.39 is 11.7 Å². The summed E-state index contributed by atoms with van der Waals surface area (Å²) >= 11 is 0. The molecule has 0 aliphatic carbocycles. The molecule has 6 heteroatoms. The Morgan fingerprint density at radius 3 is 3.08 bits per heavy atom. The average molecular weight is 179 g/mol. The molecule has 2 N–H and O–H groups in total. The van der Waals surface area contributed by atoms with Crippen molar-refractivity contribution in [3.63, 3.8) is 0 Å². The van der Waals surface area contributed by atoms with E-state index in [1.54, 1.807) is 0 Å². The van der Waals surface area contributed by atoms with E-state index in [1.165, 1.54) is 12.3 Å². The van der Waals surface area contributed by atoms with Crippen LogP contribution < -0.4 is 5.69 Å². The fraction of sp³-hybridized carbons (Fsp3) is 0. The van der Waals surface area contributed by atoms with Gasteiger partial charge in [0.1, 0.15) is 5.65 Å². The minimum Gasteiger partial charge on any atom is -0.477 e. The number of hydrogen-bond donors (Lipinski definition) is 2. The van der Waals surface area contributed by atoms with E-state index in [0.717, 1.165) is 10.6 Å². The number of nitrogens with zero attached hydrogens (tertiary/aromatic N) is 2. The third-order valence-electron chi connectivity index (χ3n) is 1.65. The van der Waals surface area contributed by atoms with Gasteiger partial charge in [-0.15, -0.1) is 0 Å². The van der Waals surface area contributed by atoms with Crippen molar-refractivity contribution in [3.8, 4) is 0 Å². The van der Waals surface area contributed by atoms with E-state index >= 15 is 0 Å². The van der Waals surface area contributed by atoms with Crippen LogP contribution in [0.25, 0.3) is 5.65 Å². The van der Waals surface area contributed by atoms with Gasteiger partial charge in [0.2, 0.25) is 0 Å². The van der Waals surface area contributed by atoms with E-state index in [-0.39, 0.29) is 5.69 Å². The molecule has 13 heavy (non-hydrogen) atoms. The van der Waals surface area contributed by atoms with Crippen LogP contribution in [0.2, 0.25) is 0 Å². The van der Waals surface area contributed by atoms with Gasteiger partial charge in [-0.2, -0.15) is 0 Å². The minimum absolute atomic E-state index is 0.142. The lowest BCUT2D eigenvalue weighted by Crippen LogP contribution is -2.19. The van der Waals surface area contributed by atoms with Gasteiger partial charge in [-0.05, 0) is 6.07 Å². The third kappa shape index (κ3) is 0.994. The molecule has 0 atom stereocenters. The summed E-state index contributed by atoms with van der Waals surface area (Å²) in [5.74, 6) is -1.18. The third-order valence-corrected chi connectivity index (χ3v) is 1.65. The number of carboxylic acid groups (broad SMARTS) is 1. The summed E-state index contributed by atoms with van der Waals surface area (Å²) in [6.07, 6.45) is 2.56. The van der Waals surface area contributed by atoms with Crippen molar-refractivity contribution in [3.05, 3.63) is 34.6 Å². The number of aromatic carboxylic acids is 1. The Bertz CT molecular complexity index is 525. The van der Waals surface area contributed by atoms with Crippen LogP contribution in [0.5, 0.6) is 0 Å². The Hall–Kier alpha value is -2.11. The molecule has 0 unspecified atom stereocenters. The van der Waals surface area contributed by atoms with Crippen molar-refractivity contribution >= 4 is 11.6 Å². The van der Waals surface area contributed by atoms with Crippen LogP contribution >= 0.6 is 0 Å². The lowest BCUT2D eigenvalue weighted by molar-refractivity contribution is 0.0689. The number of carbonyl (C=O) groups is 1. The van der Waals surface area contributed by atoms with E-state index in [2.05, 4.69) is 9.97 Å². The predicted octanol–water partition coefficient (Wildman–Crippen LogP) is -0.279. The highest BCUT2D eigenvalue weighted by molar-refractivity contribution is 5.86. The first-order valence-electron chi connectivity index (χ1n) is 3.48. The van der Waals surface area contributed by atoms with Gasteiger partial charge in [0.25, 0.3) is 0 Å². The van der Waals surface area contributed by atoms with Crippen molar-refractivity contribution in [1.29, 1.82) is 0 Å². The second-order valence-electron chi connectivity index (χ2n) is 2.43. The summed E-state index contributed by atoms with van der Waals surface area (Å²) in [7, 11) is 0. The molecular weight excluding hydrogens is 174 g/mol. The quantitative estimate of drug-likeness (QED) is 0.630. The van der Waals surface area contributed by atoms with Crippen molar-refractivity contribution in [2.45, 2.75) is 0 Å². The molecule has 0 radical (unpaired) electrons. The summed E-state index contributed by atoms with van der Waals surface area (Å²) < 4.78 is 1.00. The molecule has 0 aliphatic rings. The normalized spacial score (nSPS) is 10.5. The van der Waals surface area contributed by atoms with Crippen molar-refractivity contribution in [2.24, 2.45) is 0 Å². The van der Waals surface area contributed by atoms with Gasteiger partial charge in [-0.3, -0.25) is 0 Å². The Labute approximate surface area is 71.5 Å². The number of aromatic amines is 1. The average Bonchev–Trinajstić information content (AvgIpc) is 2.49. The first-order chi connectivity index (χ1) is 6.20. The molecule has 0 saturated heterocycles. The highest BCUT2D eigenvalue weighted by Gasteiger charge is 2.11. The van der Waals surface area contributed by atoms with Crippen LogP contribution in [0, 0.1) is 0 Å². The second-order valence-corrected chi connectivity index (χ2v) is 2.43. The lowest BCUT2D eigenvalue weighted by Gasteiger charge is -1.92. The standard InChI is InChI=1S/C7H5N3O3/c11-6(12)4-3-9-5-1-2-8-7(13)10(4)5/h1-3H,(H,8,13)(H,11,12). The van der Waals surface area contributed by atoms with Gasteiger partial charge in [0.05, 0.1) is 6.20 Å². The van der Waals surface area contributed by atoms with Gasteiger partial charge in [-0.25, -0.2) is 19.0 Å². The zero-order chi connectivity index (χ0) is 9.42. The number of hydrogen-bond acceptors (Lipinski definition) is 3. The van der Waals surface area contributed by atoms with Crippen LogP contribution in [-0.2, 0) is 0 Å². The van der Waals surface area contributed by atoms with E-state index in [1.807, 2.05) is 0 Å². The topological polar surface area (TPSA) is 87.5 Å². The van der Waals surface area contributed by atoms with Crippen molar-refractivity contribution in [1.82, 2.24) is 14.4 Å². The lowest BCUT2D eigenvalue weighted by atomic mass is 10.5. The summed E-state index contributed by atoms with van der Waals surface area (Å²) in [6.45, 7) is 0. The first-order valence-corrected chi connectivity index (χ1v) is 3.48. The number of H-pyrrole nitrogens is 1. The zero-order valence-corrected chi connectivity index (χ0v) is 6.39. The molecule has 2 heterocycles. The molecule has 0 bridgehead atoms. The van der Waals surface area contributed by atoms with Gasteiger partial charge >= 0.3 is 11.7 Å². The highest BCUT2D eigenvalue weighted by atomic mass is 16.4. The van der Waals surface area contributed by atoms with E-state index in [4.69, 9.17) is 5.11 Å². The van der Waals surface area contributed by atoms with Gasteiger partial charge < -0.3 is 10.1 Å². The Kier molecular flexibility index (Phi) is 1.42. The molecule has 0 fully saturated rings. The minimum atomic E-state index is -1.18. The number of fused-ring (bicyclic) bond motifs is 1. The molecule has 66 valence electrons. The van der Waals surface area contributed by atoms with E-state index in [0.29, 0.717) is 5.65 Å². The van der Waals surface area contributed by atoms with Crippen LogP contribution in [-0.4, -0.2) is 25.4 Å². The molecular formula is C7H5N3O3. The Morgan fingerprint density at radius 1 is 1.62 bits per heavy atom. The van der Waals surface area contributed by atoms with Crippen LogP contribution in [0.1, 0.15) is 10.5 Å². The highest BCUT2D eigenvalue weighted by Crippen LogP contribution is 2.00. The molecule has 0 amide bonds. The fourth-order valence-corrected chi connectivity index (χ4v) is 1.10. The molecule has 0 aliphatic heterocycles. The van der Waals surface area contributed by atoms with Crippen molar-refractivity contribution in [2.75, 3.05) is 0 Å². The fourth-order valence-electron chi connectivity index (χ4n) is 1.10. The van der Waals surface area contributed by atoms with Crippen LogP contribution in [0.3, 0.4) is 0 Å². The summed E-state index contributed by atoms with van der Waals surface area (Å²) in [5, 5.41) is 8.68. The number of nitrogens with one attached hydrogen (secondary N) is 1. The summed E-state index contributed by atoms with van der Waals surface area (Å²) in [4.78, 5) is 27.9. The largest absolute Gasteiger partial charge is 0.477 e. The molecule has 2 rings (SSSR count). The summed E-state index contributed by atoms with van der Waals surface area (Å²) in [6, 6.07) is 1.52. The number of imidazole rings is 1. The zero-order valence-electron chi connectivity index (χ0n) is 6.39. The van der Waals surface area contributed by atoms with Crippen molar-refractivity contribution < 1.29 is 9.90 Å². The first kappa shape index (κ1) is 7.53. The molecule has 0 saturated carbocycles. The molecule has 0 spiro atoms. The molecule has 2 aromatic heterocycles. The maximum atomic E-state index is 11.2. The second kappa shape index (κ2) is 2.44. The van der Waals surface area contributed by atoms with Crippen LogP contribution in [0.4, 0.5) is 0 Å². The maximum Gasteiger partial charge on any atom is 0.354 e. The monoisotopic (exact) mass is 179 g/mol. The molecule has 6 nitrogen and oxygen atoms in total. The molecule has 2 aromatic rings. The Balaban J connectivity index is 2.95. The number of carboxylic acids is 1. The van der Waals surface area contributed by atoms with E-state index in [9.17, 15) is 9.59 Å². The number of aromatic nitrogens is 3. The smallest absolute Gasteiger partial charge is 0.354 e.